The molecule has 116 valence electrons. The summed E-state index contributed by atoms with van der Waals surface area (Å²) < 4.78 is 0. The number of carbonyl (C=O) groups is 1. The Morgan fingerprint density at radius 2 is 1.75 bits per heavy atom. The van der Waals surface area contributed by atoms with Crippen molar-refractivity contribution < 1.29 is 9.90 Å². The summed E-state index contributed by atoms with van der Waals surface area (Å²) in [5.74, 6) is 0.295. The molecule has 1 aliphatic carbocycles. The van der Waals surface area contributed by atoms with E-state index in [9.17, 15) is 9.90 Å². The lowest BCUT2D eigenvalue weighted by Crippen LogP contribution is -2.55. The number of urea groups is 1. The number of piperidine rings is 1. The van der Waals surface area contributed by atoms with E-state index in [0.29, 0.717) is 5.92 Å². The van der Waals surface area contributed by atoms with Gasteiger partial charge in [-0.25, -0.2) is 4.79 Å². The van der Waals surface area contributed by atoms with Crippen LogP contribution < -0.4 is 0 Å². The van der Waals surface area contributed by atoms with Gasteiger partial charge in [-0.15, -0.1) is 0 Å². The highest BCUT2D eigenvalue weighted by Gasteiger charge is 2.38. The predicted molar refractivity (Wildman–Crippen MR) is 80.6 cm³/mol. The summed E-state index contributed by atoms with van der Waals surface area (Å²) in [7, 11) is 0. The van der Waals surface area contributed by atoms with Gasteiger partial charge in [0.1, 0.15) is 0 Å². The van der Waals surface area contributed by atoms with Crippen molar-refractivity contribution in [1.82, 2.24) is 9.80 Å². The summed E-state index contributed by atoms with van der Waals surface area (Å²) in [4.78, 5) is 16.7. The second-order valence-corrected chi connectivity index (χ2v) is 6.23. The van der Waals surface area contributed by atoms with Crippen LogP contribution in [0.25, 0.3) is 0 Å². The lowest BCUT2D eigenvalue weighted by molar-refractivity contribution is 0.00321. The molecule has 1 aliphatic heterocycles. The number of nitrogens with zero attached hydrogens (tertiary/aromatic N) is 2. The fourth-order valence-electron chi connectivity index (χ4n) is 3.90. The maximum atomic E-state index is 12.7. The highest BCUT2D eigenvalue weighted by atomic mass is 16.3. The number of carbonyl (C=O) groups excluding carboxylic acids is 1. The van der Waals surface area contributed by atoms with E-state index < -0.39 is 0 Å². The zero-order chi connectivity index (χ0) is 14.5. The summed E-state index contributed by atoms with van der Waals surface area (Å²) in [5, 5.41) is 10.3. The van der Waals surface area contributed by atoms with Crippen molar-refractivity contribution in [2.45, 2.75) is 70.9 Å². The minimum Gasteiger partial charge on any atom is -0.393 e. The lowest BCUT2D eigenvalue weighted by Gasteiger charge is -2.45. The van der Waals surface area contributed by atoms with Crippen LogP contribution in [0.1, 0.15) is 58.8 Å². The molecule has 2 amide bonds. The average Bonchev–Trinajstić information content (AvgIpc) is 2.49. The van der Waals surface area contributed by atoms with E-state index in [4.69, 9.17) is 0 Å². The highest BCUT2D eigenvalue weighted by Crippen LogP contribution is 2.34. The Morgan fingerprint density at radius 3 is 2.40 bits per heavy atom. The van der Waals surface area contributed by atoms with Crippen LogP contribution in [0.4, 0.5) is 4.79 Å². The smallest absolute Gasteiger partial charge is 0.320 e. The molecule has 2 aliphatic rings. The van der Waals surface area contributed by atoms with Gasteiger partial charge in [-0.3, -0.25) is 0 Å². The van der Waals surface area contributed by atoms with Crippen LogP contribution in [0.5, 0.6) is 0 Å². The minimum absolute atomic E-state index is 0.178. The maximum absolute atomic E-state index is 12.7. The monoisotopic (exact) mass is 282 g/mol. The first-order chi connectivity index (χ1) is 9.69. The Kier molecular flexibility index (Phi) is 5.70. The molecule has 0 aromatic heterocycles. The standard InChI is InChI=1S/C16H30N2O2/c1-3-17(4-2)16(20)18-12-8-7-10-14(18)13-9-5-6-11-15(13)19/h13-15,19H,3-12H2,1-2H3. The minimum atomic E-state index is -0.209. The maximum Gasteiger partial charge on any atom is 0.320 e. The van der Waals surface area contributed by atoms with Crippen LogP contribution >= 0.6 is 0 Å². The molecule has 0 aromatic carbocycles. The molecule has 1 N–H and O–H groups in total. The summed E-state index contributed by atoms with van der Waals surface area (Å²) in [6.45, 7) is 6.48. The molecule has 20 heavy (non-hydrogen) atoms. The van der Waals surface area contributed by atoms with Gasteiger partial charge < -0.3 is 14.9 Å². The Labute approximate surface area is 123 Å². The molecule has 0 bridgehead atoms. The quantitative estimate of drug-likeness (QED) is 0.865. The average molecular weight is 282 g/mol. The van der Waals surface area contributed by atoms with Gasteiger partial charge in [0, 0.05) is 31.6 Å². The van der Waals surface area contributed by atoms with Gasteiger partial charge in [-0.2, -0.15) is 0 Å². The first-order valence-corrected chi connectivity index (χ1v) is 8.42. The van der Waals surface area contributed by atoms with Gasteiger partial charge in [-0.1, -0.05) is 12.8 Å². The number of likely N-dealkylation sites (tertiary alicyclic amines) is 1. The van der Waals surface area contributed by atoms with Crippen LogP contribution in [0.3, 0.4) is 0 Å². The second kappa shape index (κ2) is 7.30. The topological polar surface area (TPSA) is 43.8 Å². The van der Waals surface area contributed by atoms with Crippen molar-refractivity contribution >= 4 is 6.03 Å². The Bertz CT molecular complexity index is 318. The van der Waals surface area contributed by atoms with Crippen LogP contribution in [-0.2, 0) is 0 Å². The predicted octanol–water partition coefficient (Wildman–Crippen LogP) is 2.85. The Hall–Kier alpha value is -0.770. The molecule has 2 rings (SSSR count). The number of hydrogen-bond donors (Lipinski definition) is 1. The molecule has 3 atom stereocenters. The molecule has 4 heteroatoms. The molecular formula is C16H30N2O2. The van der Waals surface area contributed by atoms with E-state index in [0.717, 1.165) is 51.7 Å². The molecule has 0 spiro atoms. The third kappa shape index (κ3) is 3.27. The number of aliphatic hydroxyl groups is 1. The molecule has 1 saturated carbocycles. The van der Waals surface area contributed by atoms with Gasteiger partial charge in [0.2, 0.25) is 0 Å². The first-order valence-electron chi connectivity index (χ1n) is 8.42. The van der Waals surface area contributed by atoms with Crippen LogP contribution in [0.15, 0.2) is 0 Å². The van der Waals surface area contributed by atoms with E-state index in [1.54, 1.807) is 0 Å². The third-order valence-corrected chi connectivity index (χ3v) is 5.10. The van der Waals surface area contributed by atoms with Crippen molar-refractivity contribution in [1.29, 1.82) is 0 Å². The van der Waals surface area contributed by atoms with Crippen molar-refractivity contribution in [3.05, 3.63) is 0 Å². The van der Waals surface area contributed by atoms with E-state index in [2.05, 4.69) is 4.90 Å². The molecule has 1 saturated heterocycles. The molecule has 1 heterocycles. The number of amides is 2. The van der Waals surface area contributed by atoms with Gasteiger partial charge in [0.25, 0.3) is 0 Å². The largest absolute Gasteiger partial charge is 0.393 e. The fourth-order valence-corrected chi connectivity index (χ4v) is 3.90. The summed E-state index contributed by atoms with van der Waals surface area (Å²) in [6, 6.07) is 0.435. The fraction of sp³-hybridized carbons (Fsp3) is 0.938. The van der Waals surface area contributed by atoms with Crippen LogP contribution in [-0.4, -0.2) is 52.7 Å². The molecular weight excluding hydrogens is 252 g/mol. The second-order valence-electron chi connectivity index (χ2n) is 6.23. The first kappa shape index (κ1) is 15.6. The van der Waals surface area contributed by atoms with E-state index in [1.165, 1.54) is 12.8 Å². The highest BCUT2D eigenvalue weighted by molar-refractivity contribution is 5.75. The summed E-state index contributed by atoms with van der Waals surface area (Å²) >= 11 is 0. The molecule has 0 radical (unpaired) electrons. The van der Waals surface area contributed by atoms with Gasteiger partial charge >= 0.3 is 6.03 Å². The van der Waals surface area contributed by atoms with E-state index in [1.807, 2.05) is 18.7 Å². The van der Waals surface area contributed by atoms with Crippen LogP contribution in [0, 0.1) is 5.92 Å². The zero-order valence-electron chi connectivity index (χ0n) is 13.1. The number of rotatable bonds is 3. The van der Waals surface area contributed by atoms with Crippen molar-refractivity contribution in [3.8, 4) is 0 Å². The number of aliphatic hydroxyl groups excluding tert-OH is 1. The van der Waals surface area contributed by atoms with Gasteiger partial charge in [-0.05, 0) is 46.0 Å². The molecule has 3 unspecified atom stereocenters. The van der Waals surface area contributed by atoms with Gasteiger partial charge in [0.15, 0.2) is 0 Å². The molecule has 4 nitrogen and oxygen atoms in total. The third-order valence-electron chi connectivity index (χ3n) is 5.10. The Balaban J connectivity index is 2.09. The van der Waals surface area contributed by atoms with Gasteiger partial charge in [0.05, 0.1) is 6.10 Å². The Morgan fingerprint density at radius 1 is 1.10 bits per heavy atom. The normalized spacial score (nSPS) is 31.1. The number of hydrogen-bond acceptors (Lipinski definition) is 2. The van der Waals surface area contributed by atoms with Crippen molar-refractivity contribution in [2.75, 3.05) is 19.6 Å². The van der Waals surface area contributed by atoms with E-state index >= 15 is 0 Å². The SMILES string of the molecule is CCN(CC)C(=O)N1CCCCC1C1CCCCC1O. The molecule has 2 fully saturated rings. The molecule has 0 aromatic rings. The lowest BCUT2D eigenvalue weighted by atomic mass is 9.78. The van der Waals surface area contributed by atoms with Crippen LogP contribution in [0.2, 0.25) is 0 Å². The summed E-state index contributed by atoms with van der Waals surface area (Å²) in [5.41, 5.74) is 0. The van der Waals surface area contributed by atoms with Crippen molar-refractivity contribution in [3.63, 3.8) is 0 Å². The summed E-state index contributed by atoms with van der Waals surface area (Å²) in [6.07, 6.45) is 7.47. The van der Waals surface area contributed by atoms with E-state index in [-0.39, 0.29) is 18.2 Å². The van der Waals surface area contributed by atoms with Crippen molar-refractivity contribution in [2.24, 2.45) is 5.92 Å². The zero-order valence-corrected chi connectivity index (χ0v) is 13.1.